The Hall–Kier alpha value is -1.09. The fourth-order valence-electron chi connectivity index (χ4n) is 1.57. The van der Waals surface area contributed by atoms with Crippen LogP contribution in [0.4, 0.5) is 10.1 Å². The van der Waals surface area contributed by atoms with Crippen LogP contribution in [0.3, 0.4) is 0 Å². The van der Waals surface area contributed by atoms with Crippen LogP contribution in [0.5, 0.6) is 0 Å². The molecule has 14 heavy (non-hydrogen) atoms. The van der Waals surface area contributed by atoms with Crippen molar-refractivity contribution in [3.63, 3.8) is 0 Å². The maximum Gasteiger partial charge on any atom is 0.224 e. The van der Waals surface area contributed by atoms with Crippen LogP contribution in [0.25, 0.3) is 0 Å². The zero-order chi connectivity index (χ0) is 9.26. The second kappa shape index (κ2) is 4.42. The van der Waals surface area contributed by atoms with E-state index in [2.05, 4.69) is 5.32 Å². The van der Waals surface area contributed by atoms with Crippen molar-refractivity contribution in [1.82, 2.24) is 0 Å². The molecule has 0 bridgehead atoms. The number of fused-ring (bicyclic) bond motifs is 1. The second-order valence-corrected chi connectivity index (χ2v) is 3.17. The SMILES string of the molecule is Cl.O=C1CCCc2c(F)cccc2N1. The molecule has 1 heterocycles. The minimum absolute atomic E-state index is 0. The highest BCUT2D eigenvalue weighted by atomic mass is 35.5. The van der Waals surface area contributed by atoms with Crippen molar-refractivity contribution in [2.24, 2.45) is 0 Å². The molecular weight excluding hydrogens is 205 g/mol. The normalized spacial score (nSPS) is 14.8. The predicted molar refractivity (Wildman–Crippen MR) is 55.2 cm³/mol. The van der Waals surface area contributed by atoms with Gasteiger partial charge in [-0.15, -0.1) is 12.4 Å². The monoisotopic (exact) mass is 215 g/mol. The Kier molecular flexibility index (Phi) is 3.47. The van der Waals surface area contributed by atoms with Crippen LogP contribution in [0.1, 0.15) is 18.4 Å². The summed E-state index contributed by atoms with van der Waals surface area (Å²) < 4.78 is 13.2. The van der Waals surface area contributed by atoms with Gasteiger partial charge >= 0.3 is 0 Å². The van der Waals surface area contributed by atoms with E-state index >= 15 is 0 Å². The average molecular weight is 216 g/mol. The molecule has 1 aromatic rings. The van der Waals surface area contributed by atoms with E-state index < -0.39 is 0 Å². The molecule has 0 saturated heterocycles. The Bertz CT molecular complexity index is 354. The third kappa shape index (κ3) is 2.04. The highest BCUT2D eigenvalue weighted by Gasteiger charge is 2.14. The van der Waals surface area contributed by atoms with Gasteiger partial charge in [-0.2, -0.15) is 0 Å². The molecule has 0 spiro atoms. The lowest BCUT2D eigenvalue weighted by Crippen LogP contribution is -2.09. The molecule has 0 radical (unpaired) electrons. The summed E-state index contributed by atoms with van der Waals surface area (Å²) in [6.07, 6.45) is 1.84. The molecule has 1 aliphatic rings. The van der Waals surface area contributed by atoms with Crippen LogP contribution in [-0.4, -0.2) is 5.91 Å². The third-order valence-electron chi connectivity index (χ3n) is 2.22. The summed E-state index contributed by atoms with van der Waals surface area (Å²) in [7, 11) is 0. The van der Waals surface area contributed by atoms with E-state index in [1.807, 2.05) is 0 Å². The maximum atomic E-state index is 13.2. The van der Waals surface area contributed by atoms with Crippen molar-refractivity contribution >= 4 is 24.0 Å². The number of carbonyl (C=O) groups is 1. The fourth-order valence-corrected chi connectivity index (χ4v) is 1.57. The molecule has 0 aliphatic carbocycles. The number of hydrogen-bond acceptors (Lipinski definition) is 1. The van der Waals surface area contributed by atoms with Gasteiger partial charge in [-0.1, -0.05) is 6.07 Å². The maximum absolute atomic E-state index is 13.2. The first-order valence-corrected chi connectivity index (χ1v) is 4.34. The number of rotatable bonds is 0. The number of nitrogens with one attached hydrogen (secondary N) is 1. The van der Waals surface area contributed by atoms with Crippen LogP contribution in [0, 0.1) is 5.82 Å². The van der Waals surface area contributed by atoms with Crippen molar-refractivity contribution in [1.29, 1.82) is 0 Å². The van der Waals surface area contributed by atoms with Crippen LogP contribution >= 0.6 is 12.4 Å². The smallest absolute Gasteiger partial charge is 0.224 e. The third-order valence-corrected chi connectivity index (χ3v) is 2.22. The van der Waals surface area contributed by atoms with Crippen LogP contribution < -0.4 is 5.32 Å². The Morgan fingerprint density at radius 2 is 2.07 bits per heavy atom. The van der Waals surface area contributed by atoms with E-state index in [0.29, 0.717) is 24.1 Å². The topological polar surface area (TPSA) is 29.1 Å². The van der Waals surface area contributed by atoms with Crippen molar-refractivity contribution in [2.75, 3.05) is 5.32 Å². The van der Waals surface area contributed by atoms with Gasteiger partial charge in [0.05, 0.1) is 0 Å². The van der Waals surface area contributed by atoms with E-state index in [1.54, 1.807) is 12.1 Å². The zero-order valence-corrected chi connectivity index (χ0v) is 8.36. The summed E-state index contributed by atoms with van der Waals surface area (Å²) in [5, 5.41) is 2.68. The molecule has 0 atom stereocenters. The predicted octanol–water partition coefficient (Wildman–Crippen LogP) is 2.52. The molecule has 1 amide bonds. The number of carbonyl (C=O) groups excluding carboxylic acids is 1. The first-order valence-electron chi connectivity index (χ1n) is 4.34. The lowest BCUT2D eigenvalue weighted by atomic mass is 10.1. The molecule has 1 N–H and O–H groups in total. The standard InChI is InChI=1S/C10H10FNO.ClH/c11-8-4-2-5-9-7(8)3-1-6-10(13)12-9;/h2,4-5H,1,3,6H2,(H,12,13);1H. The van der Waals surface area contributed by atoms with Gasteiger partial charge in [0.15, 0.2) is 0 Å². The lowest BCUT2D eigenvalue weighted by molar-refractivity contribution is -0.116. The van der Waals surface area contributed by atoms with E-state index in [9.17, 15) is 9.18 Å². The first-order chi connectivity index (χ1) is 6.27. The fraction of sp³-hybridized carbons (Fsp3) is 0.300. The molecule has 0 fully saturated rings. The Morgan fingerprint density at radius 1 is 1.29 bits per heavy atom. The van der Waals surface area contributed by atoms with Crippen LogP contribution in [0.2, 0.25) is 0 Å². The zero-order valence-electron chi connectivity index (χ0n) is 7.55. The minimum atomic E-state index is -0.222. The molecule has 1 aromatic carbocycles. The van der Waals surface area contributed by atoms with Crippen molar-refractivity contribution in [3.8, 4) is 0 Å². The van der Waals surface area contributed by atoms with Crippen LogP contribution in [-0.2, 0) is 11.2 Å². The Balaban J connectivity index is 0.000000980. The molecule has 76 valence electrons. The molecule has 2 rings (SSSR count). The number of hydrogen-bond donors (Lipinski definition) is 1. The molecular formula is C10H11ClFNO. The summed E-state index contributed by atoms with van der Waals surface area (Å²) in [5.41, 5.74) is 1.26. The van der Waals surface area contributed by atoms with E-state index in [4.69, 9.17) is 0 Å². The molecule has 0 aromatic heterocycles. The summed E-state index contributed by atoms with van der Waals surface area (Å²) in [5.74, 6) is -0.246. The van der Waals surface area contributed by atoms with Gasteiger partial charge in [0.1, 0.15) is 5.82 Å². The van der Waals surface area contributed by atoms with E-state index in [0.717, 1.165) is 6.42 Å². The molecule has 0 saturated carbocycles. The van der Waals surface area contributed by atoms with E-state index in [1.165, 1.54) is 6.07 Å². The highest BCUT2D eigenvalue weighted by molar-refractivity contribution is 5.92. The van der Waals surface area contributed by atoms with Gasteiger partial charge < -0.3 is 5.32 Å². The largest absolute Gasteiger partial charge is 0.326 e. The summed E-state index contributed by atoms with van der Waals surface area (Å²) in [6, 6.07) is 4.78. The lowest BCUT2D eigenvalue weighted by Gasteiger charge is -2.06. The van der Waals surface area contributed by atoms with Crippen LogP contribution in [0.15, 0.2) is 18.2 Å². The summed E-state index contributed by atoms with van der Waals surface area (Å²) in [6.45, 7) is 0. The second-order valence-electron chi connectivity index (χ2n) is 3.17. The minimum Gasteiger partial charge on any atom is -0.326 e. The van der Waals surface area contributed by atoms with E-state index in [-0.39, 0.29) is 24.1 Å². The summed E-state index contributed by atoms with van der Waals surface area (Å²) in [4.78, 5) is 11.1. The highest BCUT2D eigenvalue weighted by Crippen LogP contribution is 2.23. The van der Waals surface area contributed by atoms with Gasteiger partial charge in [0.2, 0.25) is 5.91 Å². The molecule has 2 nitrogen and oxygen atoms in total. The van der Waals surface area contributed by atoms with Crippen molar-refractivity contribution in [2.45, 2.75) is 19.3 Å². The van der Waals surface area contributed by atoms with Gasteiger partial charge in [0.25, 0.3) is 0 Å². The number of amides is 1. The number of anilines is 1. The van der Waals surface area contributed by atoms with Gasteiger partial charge in [0, 0.05) is 17.7 Å². The summed E-state index contributed by atoms with van der Waals surface area (Å²) >= 11 is 0. The van der Waals surface area contributed by atoms with Gasteiger partial charge in [-0.25, -0.2) is 4.39 Å². The molecule has 0 unspecified atom stereocenters. The van der Waals surface area contributed by atoms with Gasteiger partial charge in [-0.3, -0.25) is 4.79 Å². The molecule has 4 heteroatoms. The van der Waals surface area contributed by atoms with Crippen molar-refractivity contribution in [3.05, 3.63) is 29.6 Å². The number of benzene rings is 1. The first kappa shape index (κ1) is 11.0. The Morgan fingerprint density at radius 3 is 2.86 bits per heavy atom. The molecule has 1 aliphatic heterocycles. The number of halogens is 2. The van der Waals surface area contributed by atoms with Gasteiger partial charge in [-0.05, 0) is 25.0 Å². The van der Waals surface area contributed by atoms with Crippen molar-refractivity contribution < 1.29 is 9.18 Å². The average Bonchev–Trinajstić information content (AvgIpc) is 2.27. The quantitative estimate of drug-likeness (QED) is 0.708. The Labute approximate surface area is 87.9 Å².